The largest absolute Gasteiger partial charge is 0.392 e. The van der Waals surface area contributed by atoms with Crippen LogP contribution in [0.15, 0.2) is 42.5 Å². The number of nitrogens with one attached hydrogen (secondary N) is 2. The van der Waals surface area contributed by atoms with Gasteiger partial charge in [0.25, 0.3) is 5.91 Å². The van der Waals surface area contributed by atoms with Gasteiger partial charge in [-0.3, -0.25) is 10.2 Å². The lowest BCUT2D eigenvalue weighted by atomic mass is 10.0. The van der Waals surface area contributed by atoms with Crippen LogP contribution < -0.4 is 5.43 Å². The summed E-state index contributed by atoms with van der Waals surface area (Å²) in [5.41, 5.74) is 6.02. The molecule has 10 nitrogen and oxygen atoms in total. The van der Waals surface area contributed by atoms with Crippen LogP contribution in [-0.2, 0) is 6.61 Å². The molecule has 1 amide bonds. The zero-order valence-corrected chi connectivity index (χ0v) is 20.1. The number of nitrogens with zero attached hydrogens (tertiary/aromatic N) is 6. The lowest BCUT2D eigenvalue weighted by molar-refractivity contribution is 0.0741. The van der Waals surface area contributed by atoms with Crippen molar-refractivity contribution in [3.05, 3.63) is 63.8 Å². The van der Waals surface area contributed by atoms with Crippen molar-refractivity contribution in [2.24, 2.45) is 0 Å². The van der Waals surface area contributed by atoms with Crippen LogP contribution in [0.1, 0.15) is 35.3 Å². The fourth-order valence-electron chi connectivity index (χ4n) is 4.18. The number of carbonyl (C=O) groups excluding carboxylic acids is 1. The summed E-state index contributed by atoms with van der Waals surface area (Å²) in [5.74, 6) is 0.139. The monoisotopic (exact) mass is 512 g/mol. The summed E-state index contributed by atoms with van der Waals surface area (Å²) >= 11 is 12.6. The van der Waals surface area contributed by atoms with E-state index in [1.54, 1.807) is 22.9 Å². The van der Waals surface area contributed by atoms with Crippen LogP contribution in [0.25, 0.3) is 28.3 Å². The average Bonchev–Trinajstić information content (AvgIpc) is 3.53. The summed E-state index contributed by atoms with van der Waals surface area (Å²) in [5, 5.41) is 31.6. The third-order valence-corrected chi connectivity index (χ3v) is 6.43. The number of rotatable bonds is 6. The van der Waals surface area contributed by atoms with Crippen LogP contribution in [0, 0.1) is 0 Å². The summed E-state index contributed by atoms with van der Waals surface area (Å²) in [4.78, 5) is 13.2. The predicted octanol–water partition coefficient (Wildman–Crippen LogP) is 3.65. The van der Waals surface area contributed by atoms with E-state index in [1.165, 1.54) is 0 Å². The molecule has 1 fully saturated rings. The second-order valence-corrected chi connectivity index (χ2v) is 9.00. The Morgan fingerprint density at radius 1 is 1.06 bits per heavy atom. The number of hydrazine groups is 1. The fraction of sp³-hybridized carbons (Fsp3) is 0.261. The third kappa shape index (κ3) is 4.78. The zero-order chi connectivity index (χ0) is 24.4. The highest BCUT2D eigenvalue weighted by Gasteiger charge is 2.27. The molecule has 0 radical (unpaired) electrons. The highest BCUT2D eigenvalue weighted by molar-refractivity contribution is 6.35. The van der Waals surface area contributed by atoms with E-state index >= 15 is 0 Å². The molecule has 0 unspecified atom stereocenters. The van der Waals surface area contributed by atoms with Gasteiger partial charge in [-0.25, -0.2) is 14.8 Å². The van der Waals surface area contributed by atoms with Gasteiger partial charge in [0, 0.05) is 34.8 Å². The van der Waals surface area contributed by atoms with E-state index in [0.717, 1.165) is 43.5 Å². The maximum absolute atomic E-state index is 13.2. The number of amides is 1. The summed E-state index contributed by atoms with van der Waals surface area (Å²) in [6, 6.07) is 12.4. The minimum absolute atomic E-state index is 0.127. The second-order valence-electron chi connectivity index (χ2n) is 8.16. The number of H-pyrrole nitrogens is 1. The minimum atomic E-state index is -0.392. The fourth-order valence-corrected chi connectivity index (χ4v) is 4.66. The molecule has 0 bridgehead atoms. The van der Waals surface area contributed by atoms with Crippen LogP contribution in [0.3, 0.4) is 0 Å². The van der Waals surface area contributed by atoms with E-state index in [0.29, 0.717) is 32.8 Å². The molecule has 0 aliphatic carbocycles. The van der Waals surface area contributed by atoms with Gasteiger partial charge in [-0.1, -0.05) is 53.9 Å². The number of aliphatic hydroxyl groups excluding tert-OH is 1. The van der Waals surface area contributed by atoms with Crippen molar-refractivity contribution in [1.82, 2.24) is 40.8 Å². The van der Waals surface area contributed by atoms with Crippen molar-refractivity contribution in [1.29, 1.82) is 0 Å². The first-order valence-electron chi connectivity index (χ1n) is 11.1. The number of halogens is 2. The van der Waals surface area contributed by atoms with Gasteiger partial charge in [0.05, 0.1) is 23.0 Å². The van der Waals surface area contributed by atoms with Gasteiger partial charge in [-0.15, -0.1) is 5.10 Å². The van der Waals surface area contributed by atoms with Crippen molar-refractivity contribution >= 4 is 29.1 Å². The molecule has 2 aromatic carbocycles. The van der Waals surface area contributed by atoms with Crippen molar-refractivity contribution in [2.45, 2.75) is 25.9 Å². The Labute approximate surface area is 210 Å². The minimum Gasteiger partial charge on any atom is -0.392 e. The van der Waals surface area contributed by atoms with Gasteiger partial charge in [-0.05, 0) is 41.5 Å². The first-order valence-corrected chi connectivity index (χ1v) is 11.9. The van der Waals surface area contributed by atoms with Crippen molar-refractivity contribution in [2.75, 3.05) is 13.1 Å². The lowest BCUT2D eigenvalue weighted by Gasteiger charge is -2.26. The maximum atomic E-state index is 13.2. The number of hydrogen-bond acceptors (Lipinski definition) is 7. The smallest absolute Gasteiger partial charge is 0.286 e. The van der Waals surface area contributed by atoms with Crippen LogP contribution in [-0.4, -0.2) is 59.5 Å². The summed E-state index contributed by atoms with van der Waals surface area (Å²) < 4.78 is 1.57. The standard InChI is InChI=1S/C23H22Cl2N8O2/c24-16-8-9-19(18(25)12-16)33-21(14-4-6-15(7-5-14)22-26-30-31-27-22)17(13-34)20(28-33)23(35)29-32-10-2-1-3-11-32/h4-9,12,34H,1-3,10-11,13H2,(H,29,35)(H,26,27,30,31). The molecule has 1 aliphatic rings. The molecule has 2 aromatic heterocycles. The molecule has 4 aromatic rings. The molecule has 180 valence electrons. The van der Waals surface area contributed by atoms with Crippen LogP contribution >= 0.6 is 23.2 Å². The third-order valence-electron chi connectivity index (χ3n) is 5.89. The number of aliphatic hydroxyl groups is 1. The highest BCUT2D eigenvalue weighted by atomic mass is 35.5. The normalized spacial score (nSPS) is 14.3. The molecular weight excluding hydrogens is 491 g/mol. The quantitative estimate of drug-likeness (QED) is 0.360. The van der Waals surface area contributed by atoms with E-state index in [4.69, 9.17) is 23.2 Å². The van der Waals surface area contributed by atoms with E-state index in [-0.39, 0.29) is 11.6 Å². The number of carbonyl (C=O) groups is 1. The summed E-state index contributed by atoms with van der Waals surface area (Å²) in [6.45, 7) is 1.15. The average molecular weight is 513 g/mol. The Hall–Kier alpha value is -3.31. The second kappa shape index (κ2) is 10.1. The van der Waals surface area contributed by atoms with E-state index in [9.17, 15) is 9.90 Å². The van der Waals surface area contributed by atoms with Crippen molar-refractivity contribution < 1.29 is 9.90 Å². The number of tetrazole rings is 1. The first-order chi connectivity index (χ1) is 17.0. The van der Waals surface area contributed by atoms with Crippen LogP contribution in [0.5, 0.6) is 0 Å². The first kappa shape index (κ1) is 23.4. The Kier molecular flexibility index (Phi) is 6.78. The van der Waals surface area contributed by atoms with Gasteiger partial charge < -0.3 is 5.11 Å². The lowest BCUT2D eigenvalue weighted by Crippen LogP contribution is -2.45. The Balaban J connectivity index is 1.61. The Morgan fingerprint density at radius 2 is 1.80 bits per heavy atom. The van der Waals surface area contributed by atoms with Crippen molar-refractivity contribution in [3.8, 4) is 28.3 Å². The van der Waals surface area contributed by atoms with Gasteiger partial charge in [-0.2, -0.15) is 5.10 Å². The van der Waals surface area contributed by atoms with Gasteiger partial charge in [0.1, 0.15) is 0 Å². The van der Waals surface area contributed by atoms with Gasteiger partial charge in [0.2, 0.25) is 0 Å². The van der Waals surface area contributed by atoms with E-state index in [2.05, 4.69) is 31.1 Å². The Bertz CT molecular complexity index is 1330. The molecule has 1 aliphatic heterocycles. The summed E-state index contributed by atoms with van der Waals surface area (Å²) in [6.07, 6.45) is 3.17. The molecule has 3 heterocycles. The predicted molar refractivity (Wildman–Crippen MR) is 131 cm³/mol. The molecule has 0 atom stereocenters. The molecule has 12 heteroatoms. The molecule has 35 heavy (non-hydrogen) atoms. The molecular formula is C23H22Cl2N8O2. The van der Waals surface area contributed by atoms with Crippen LogP contribution in [0.2, 0.25) is 10.0 Å². The topological polar surface area (TPSA) is 125 Å². The number of aromatic amines is 1. The number of piperidine rings is 1. The van der Waals surface area contributed by atoms with Gasteiger partial charge in [0.15, 0.2) is 11.5 Å². The number of hydrogen-bond donors (Lipinski definition) is 3. The molecule has 0 spiro atoms. The molecule has 0 saturated carbocycles. The zero-order valence-electron chi connectivity index (χ0n) is 18.6. The van der Waals surface area contributed by atoms with E-state index in [1.807, 2.05) is 29.3 Å². The molecule has 3 N–H and O–H groups in total. The number of aromatic nitrogens is 6. The summed E-state index contributed by atoms with van der Waals surface area (Å²) in [7, 11) is 0. The van der Waals surface area contributed by atoms with E-state index < -0.39 is 6.61 Å². The Morgan fingerprint density at radius 3 is 2.46 bits per heavy atom. The van der Waals surface area contributed by atoms with Gasteiger partial charge >= 0.3 is 0 Å². The molecule has 1 saturated heterocycles. The molecule has 5 rings (SSSR count). The van der Waals surface area contributed by atoms with Crippen LogP contribution in [0.4, 0.5) is 0 Å². The number of benzene rings is 2. The maximum Gasteiger partial charge on any atom is 0.286 e. The highest BCUT2D eigenvalue weighted by Crippen LogP contribution is 2.34. The SMILES string of the molecule is O=C(NN1CCCCC1)c1nn(-c2ccc(Cl)cc2Cl)c(-c2ccc(-c3nnn[nH]3)cc2)c1CO. The van der Waals surface area contributed by atoms with Crippen molar-refractivity contribution in [3.63, 3.8) is 0 Å².